The third kappa shape index (κ3) is 2.68. The minimum atomic E-state index is 0.159. The molecule has 0 radical (unpaired) electrons. The molecule has 2 aliphatic carbocycles. The first kappa shape index (κ1) is 13.4. The second kappa shape index (κ2) is 5.45. The summed E-state index contributed by atoms with van der Waals surface area (Å²) in [6.45, 7) is 0. The van der Waals surface area contributed by atoms with Gasteiger partial charge in [-0.3, -0.25) is 0 Å². The summed E-state index contributed by atoms with van der Waals surface area (Å²) in [5.41, 5.74) is 7.62. The molecule has 104 valence electrons. The normalized spacial score (nSPS) is 30.6. The van der Waals surface area contributed by atoms with Crippen LogP contribution in [0, 0.1) is 17.8 Å². The molecule has 0 aliphatic heterocycles. The van der Waals surface area contributed by atoms with Crippen LogP contribution in [0.2, 0.25) is 0 Å². The summed E-state index contributed by atoms with van der Waals surface area (Å²) >= 11 is 3.54. The lowest BCUT2D eigenvalue weighted by atomic mass is 9.83. The van der Waals surface area contributed by atoms with E-state index in [0.29, 0.717) is 0 Å². The maximum absolute atomic E-state index is 6.41. The zero-order chi connectivity index (χ0) is 13.4. The van der Waals surface area contributed by atoms with E-state index in [1.165, 1.54) is 31.2 Å². The van der Waals surface area contributed by atoms with E-state index in [4.69, 9.17) is 10.5 Å². The van der Waals surface area contributed by atoms with Gasteiger partial charge in [-0.2, -0.15) is 0 Å². The molecule has 2 nitrogen and oxygen atoms in total. The minimum absolute atomic E-state index is 0.159. The van der Waals surface area contributed by atoms with Crippen LogP contribution in [0.5, 0.6) is 5.75 Å². The average Bonchev–Trinajstić information content (AvgIpc) is 3.00. The fourth-order valence-electron chi connectivity index (χ4n) is 4.04. The lowest BCUT2D eigenvalue weighted by Gasteiger charge is -2.25. The van der Waals surface area contributed by atoms with E-state index in [2.05, 4.69) is 28.1 Å². The molecule has 1 aromatic carbocycles. The molecule has 2 bridgehead atoms. The van der Waals surface area contributed by atoms with Gasteiger partial charge in [0.1, 0.15) is 5.75 Å². The number of methoxy groups -OCH3 is 1. The van der Waals surface area contributed by atoms with Crippen molar-refractivity contribution in [1.29, 1.82) is 0 Å². The molecule has 0 amide bonds. The summed E-state index contributed by atoms with van der Waals surface area (Å²) < 4.78 is 6.26. The maximum Gasteiger partial charge on any atom is 0.133 e. The van der Waals surface area contributed by atoms with Gasteiger partial charge in [-0.05, 0) is 77.1 Å². The van der Waals surface area contributed by atoms with Gasteiger partial charge in [0.05, 0.1) is 11.6 Å². The van der Waals surface area contributed by atoms with Crippen LogP contribution in [0.3, 0.4) is 0 Å². The lowest BCUT2D eigenvalue weighted by molar-refractivity contribution is 0.296. The molecule has 3 rings (SSSR count). The van der Waals surface area contributed by atoms with E-state index in [1.807, 2.05) is 6.07 Å². The topological polar surface area (TPSA) is 35.2 Å². The number of fused-ring (bicyclic) bond motifs is 2. The Bertz CT molecular complexity index is 462. The lowest BCUT2D eigenvalue weighted by Crippen LogP contribution is -2.19. The Labute approximate surface area is 123 Å². The third-order valence-electron chi connectivity index (χ3n) is 5.05. The van der Waals surface area contributed by atoms with Crippen LogP contribution in [-0.4, -0.2) is 7.11 Å². The van der Waals surface area contributed by atoms with E-state index < -0.39 is 0 Å². The first-order valence-electron chi connectivity index (χ1n) is 7.26. The number of halogens is 1. The Balaban J connectivity index is 1.67. The Kier molecular flexibility index (Phi) is 3.86. The zero-order valence-corrected chi connectivity index (χ0v) is 13.0. The molecule has 1 aromatic rings. The molecule has 2 fully saturated rings. The maximum atomic E-state index is 6.41. The predicted octanol–water partition coefficient (Wildman–Crippen LogP) is 4.28. The highest BCUT2D eigenvalue weighted by atomic mass is 79.9. The van der Waals surface area contributed by atoms with Crippen molar-refractivity contribution >= 4 is 15.9 Å². The van der Waals surface area contributed by atoms with Gasteiger partial charge in [0.15, 0.2) is 0 Å². The van der Waals surface area contributed by atoms with Gasteiger partial charge in [-0.15, -0.1) is 0 Å². The predicted molar refractivity (Wildman–Crippen MR) is 81.2 cm³/mol. The van der Waals surface area contributed by atoms with Crippen molar-refractivity contribution < 1.29 is 4.74 Å². The fourth-order valence-corrected chi connectivity index (χ4v) is 4.60. The summed E-state index contributed by atoms with van der Waals surface area (Å²) in [7, 11) is 1.69. The first-order valence-corrected chi connectivity index (χ1v) is 8.05. The number of hydrogen-bond acceptors (Lipinski definition) is 2. The van der Waals surface area contributed by atoms with E-state index in [-0.39, 0.29) is 6.04 Å². The molecule has 4 atom stereocenters. The van der Waals surface area contributed by atoms with E-state index >= 15 is 0 Å². The molecule has 4 unspecified atom stereocenters. The van der Waals surface area contributed by atoms with Crippen molar-refractivity contribution in [2.24, 2.45) is 23.5 Å². The second-order valence-corrected chi connectivity index (χ2v) is 7.03. The Morgan fingerprint density at radius 2 is 2.21 bits per heavy atom. The van der Waals surface area contributed by atoms with Gasteiger partial charge in [0.25, 0.3) is 0 Å². The number of hydrogen-bond donors (Lipinski definition) is 1. The minimum Gasteiger partial charge on any atom is -0.496 e. The summed E-state index contributed by atoms with van der Waals surface area (Å²) in [6, 6.07) is 6.37. The summed E-state index contributed by atoms with van der Waals surface area (Å²) in [6.07, 6.45) is 6.91. The van der Waals surface area contributed by atoms with Crippen LogP contribution >= 0.6 is 15.9 Å². The Hall–Kier alpha value is -0.540. The van der Waals surface area contributed by atoms with Gasteiger partial charge in [0, 0.05) is 6.04 Å². The molecule has 0 heterocycles. The molecule has 0 saturated heterocycles. The third-order valence-corrected chi connectivity index (χ3v) is 5.66. The van der Waals surface area contributed by atoms with Crippen molar-refractivity contribution in [1.82, 2.24) is 0 Å². The van der Waals surface area contributed by atoms with Gasteiger partial charge in [0.2, 0.25) is 0 Å². The van der Waals surface area contributed by atoms with Crippen LogP contribution in [0.1, 0.15) is 43.7 Å². The van der Waals surface area contributed by atoms with Crippen LogP contribution in [0.25, 0.3) is 0 Å². The summed E-state index contributed by atoms with van der Waals surface area (Å²) in [5, 5.41) is 0. The number of benzene rings is 1. The highest BCUT2D eigenvalue weighted by Gasteiger charge is 2.39. The SMILES string of the molecule is COc1ccc(C(N)CC2CC3CCC2C3)cc1Br. The summed E-state index contributed by atoms with van der Waals surface area (Å²) in [5.74, 6) is 3.69. The van der Waals surface area contributed by atoms with Crippen molar-refractivity contribution in [3.63, 3.8) is 0 Å². The molecule has 2 N–H and O–H groups in total. The first-order chi connectivity index (χ1) is 9.17. The van der Waals surface area contributed by atoms with E-state index in [1.54, 1.807) is 7.11 Å². The molecule has 2 saturated carbocycles. The number of ether oxygens (including phenoxy) is 1. The Morgan fingerprint density at radius 3 is 2.79 bits per heavy atom. The molecular weight excluding hydrogens is 302 g/mol. The average molecular weight is 324 g/mol. The molecule has 0 spiro atoms. The van der Waals surface area contributed by atoms with Crippen LogP contribution in [0.15, 0.2) is 22.7 Å². The highest BCUT2D eigenvalue weighted by Crippen LogP contribution is 2.50. The van der Waals surface area contributed by atoms with E-state index in [0.717, 1.165) is 34.4 Å². The monoisotopic (exact) mass is 323 g/mol. The van der Waals surface area contributed by atoms with Gasteiger partial charge < -0.3 is 10.5 Å². The molecule has 19 heavy (non-hydrogen) atoms. The van der Waals surface area contributed by atoms with Crippen LogP contribution < -0.4 is 10.5 Å². The zero-order valence-electron chi connectivity index (χ0n) is 11.4. The van der Waals surface area contributed by atoms with Crippen molar-refractivity contribution in [3.8, 4) is 5.75 Å². The van der Waals surface area contributed by atoms with Crippen LogP contribution in [0.4, 0.5) is 0 Å². The quantitative estimate of drug-likeness (QED) is 0.897. The van der Waals surface area contributed by atoms with Gasteiger partial charge in [-0.1, -0.05) is 12.5 Å². The van der Waals surface area contributed by atoms with Gasteiger partial charge in [-0.25, -0.2) is 0 Å². The molecule has 3 heteroatoms. The van der Waals surface area contributed by atoms with Gasteiger partial charge >= 0.3 is 0 Å². The molecule has 2 aliphatic rings. The van der Waals surface area contributed by atoms with Crippen LogP contribution in [-0.2, 0) is 0 Å². The molecule has 0 aromatic heterocycles. The van der Waals surface area contributed by atoms with Crippen molar-refractivity contribution in [2.75, 3.05) is 7.11 Å². The smallest absolute Gasteiger partial charge is 0.133 e. The Morgan fingerprint density at radius 1 is 1.37 bits per heavy atom. The molecular formula is C16H22BrNO. The summed E-state index contributed by atoms with van der Waals surface area (Å²) in [4.78, 5) is 0. The van der Waals surface area contributed by atoms with E-state index in [9.17, 15) is 0 Å². The number of rotatable bonds is 4. The fraction of sp³-hybridized carbons (Fsp3) is 0.625. The second-order valence-electron chi connectivity index (χ2n) is 6.17. The largest absolute Gasteiger partial charge is 0.496 e. The standard InChI is InChI=1S/C16H22BrNO/c1-19-16-5-4-12(8-14(16)17)15(18)9-13-7-10-2-3-11(13)6-10/h4-5,8,10-11,13,15H,2-3,6-7,9,18H2,1H3. The number of nitrogens with two attached hydrogens (primary N) is 1. The van der Waals surface area contributed by atoms with Crippen molar-refractivity contribution in [2.45, 2.75) is 38.1 Å². The van der Waals surface area contributed by atoms with Crippen molar-refractivity contribution in [3.05, 3.63) is 28.2 Å². The highest BCUT2D eigenvalue weighted by molar-refractivity contribution is 9.10.